The predicted molar refractivity (Wildman–Crippen MR) is 99.8 cm³/mol. The number of carbonyl (C=O) groups is 1. The quantitative estimate of drug-likeness (QED) is 0.826. The minimum Gasteiger partial charge on any atom is -0.494 e. The fourth-order valence-electron chi connectivity index (χ4n) is 3.01. The Hall–Kier alpha value is -2.69. The molecule has 26 heavy (non-hydrogen) atoms. The maximum atomic E-state index is 12.1. The van der Waals surface area contributed by atoms with Crippen molar-refractivity contribution in [1.82, 2.24) is 5.32 Å². The van der Waals surface area contributed by atoms with E-state index in [-0.39, 0.29) is 18.1 Å². The van der Waals surface area contributed by atoms with Gasteiger partial charge in [-0.15, -0.1) is 0 Å². The van der Waals surface area contributed by atoms with Crippen LogP contribution in [0.5, 0.6) is 17.2 Å². The summed E-state index contributed by atoms with van der Waals surface area (Å²) in [6, 6.07) is 13.5. The second kappa shape index (κ2) is 7.68. The minimum absolute atomic E-state index is 0.0502. The predicted octanol–water partition coefficient (Wildman–Crippen LogP) is 3.49. The van der Waals surface area contributed by atoms with Gasteiger partial charge in [0, 0.05) is 18.5 Å². The second-order valence-corrected chi connectivity index (χ2v) is 6.93. The van der Waals surface area contributed by atoms with Crippen molar-refractivity contribution in [2.75, 3.05) is 13.2 Å². The van der Waals surface area contributed by atoms with Gasteiger partial charge < -0.3 is 19.5 Å². The summed E-state index contributed by atoms with van der Waals surface area (Å²) in [6.45, 7) is 7.02. The molecule has 0 fully saturated rings. The van der Waals surface area contributed by atoms with Crippen LogP contribution in [0.3, 0.4) is 0 Å². The molecule has 138 valence electrons. The molecule has 0 aliphatic carbocycles. The Balaban J connectivity index is 1.53. The van der Waals surface area contributed by atoms with Crippen LogP contribution in [-0.2, 0) is 17.8 Å². The van der Waals surface area contributed by atoms with Crippen LogP contribution in [0.1, 0.15) is 31.9 Å². The van der Waals surface area contributed by atoms with E-state index in [1.54, 1.807) is 0 Å². The standard InChI is InChI=1S/C21H25NO4/c1-4-24-17-9-5-7-15(11-17)13-22-19(23)14-25-18-10-6-8-16-12-21(2,3)26-20(16)18/h5-11H,4,12-14H2,1-3H3,(H,22,23). The number of benzene rings is 2. The van der Waals surface area contributed by atoms with Gasteiger partial charge in [-0.25, -0.2) is 0 Å². The zero-order valence-electron chi connectivity index (χ0n) is 15.5. The maximum absolute atomic E-state index is 12.1. The topological polar surface area (TPSA) is 56.8 Å². The van der Waals surface area contributed by atoms with Crippen molar-refractivity contribution in [1.29, 1.82) is 0 Å². The van der Waals surface area contributed by atoms with Gasteiger partial charge in [-0.05, 0) is 44.5 Å². The fraction of sp³-hybridized carbons (Fsp3) is 0.381. The first kappa shape index (κ1) is 18.1. The lowest BCUT2D eigenvalue weighted by atomic mass is 10.0. The Morgan fingerprint density at radius 1 is 1.19 bits per heavy atom. The number of amides is 1. The first-order chi connectivity index (χ1) is 12.5. The molecular formula is C21H25NO4. The molecule has 0 aromatic heterocycles. The van der Waals surface area contributed by atoms with E-state index in [0.717, 1.165) is 29.0 Å². The van der Waals surface area contributed by atoms with E-state index in [9.17, 15) is 4.79 Å². The van der Waals surface area contributed by atoms with Crippen molar-refractivity contribution in [2.45, 2.75) is 39.3 Å². The van der Waals surface area contributed by atoms with E-state index in [4.69, 9.17) is 14.2 Å². The zero-order chi connectivity index (χ0) is 18.6. The van der Waals surface area contributed by atoms with E-state index < -0.39 is 0 Å². The van der Waals surface area contributed by atoms with Crippen LogP contribution in [0.25, 0.3) is 0 Å². The minimum atomic E-state index is -0.240. The number of fused-ring (bicyclic) bond motifs is 1. The van der Waals surface area contributed by atoms with Crippen LogP contribution in [-0.4, -0.2) is 24.7 Å². The number of carbonyl (C=O) groups excluding carboxylic acids is 1. The summed E-state index contributed by atoms with van der Waals surface area (Å²) in [6.07, 6.45) is 0.835. The van der Waals surface area contributed by atoms with Gasteiger partial charge in [-0.1, -0.05) is 24.3 Å². The molecular weight excluding hydrogens is 330 g/mol. The number of para-hydroxylation sites is 1. The summed E-state index contributed by atoms with van der Waals surface area (Å²) >= 11 is 0. The van der Waals surface area contributed by atoms with E-state index in [2.05, 4.69) is 5.32 Å². The van der Waals surface area contributed by atoms with Gasteiger partial charge in [-0.2, -0.15) is 0 Å². The van der Waals surface area contributed by atoms with Crippen molar-refractivity contribution in [3.05, 3.63) is 53.6 Å². The second-order valence-electron chi connectivity index (χ2n) is 6.93. The number of hydrogen-bond donors (Lipinski definition) is 1. The summed E-state index contributed by atoms with van der Waals surface area (Å²) in [5.41, 5.74) is 1.85. The molecule has 2 aromatic rings. The third-order valence-electron chi connectivity index (χ3n) is 4.11. The Labute approximate surface area is 154 Å². The van der Waals surface area contributed by atoms with Crippen molar-refractivity contribution < 1.29 is 19.0 Å². The summed E-state index contributed by atoms with van der Waals surface area (Å²) in [5.74, 6) is 1.98. The molecule has 1 N–H and O–H groups in total. The Kier molecular flexibility index (Phi) is 5.35. The molecule has 3 rings (SSSR count). The van der Waals surface area contributed by atoms with E-state index in [1.165, 1.54) is 0 Å². The van der Waals surface area contributed by atoms with Gasteiger partial charge in [-0.3, -0.25) is 4.79 Å². The average Bonchev–Trinajstić information content (AvgIpc) is 2.93. The first-order valence-electron chi connectivity index (χ1n) is 8.89. The van der Waals surface area contributed by atoms with Crippen LogP contribution in [0.15, 0.2) is 42.5 Å². The largest absolute Gasteiger partial charge is 0.494 e. The number of hydrogen-bond acceptors (Lipinski definition) is 4. The number of ether oxygens (including phenoxy) is 3. The third kappa shape index (κ3) is 4.48. The monoisotopic (exact) mass is 355 g/mol. The highest BCUT2D eigenvalue weighted by atomic mass is 16.5. The molecule has 1 amide bonds. The lowest BCUT2D eigenvalue weighted by Gasteiger charge is -2.18. The molecule has 0 saturated heterocycles. The van der Waals surface area contributed by atoms with Gasteiger partial charge in [0.2, 0.25) is 0 Å². The Morgan fingerprint density at radius 3 is 2.81 bits per heavy atom. The van der Waals surface area contributed by atoms with Crippen LogP contribution < -0.4 is 19.5 Å². The van der Waals surface area contributed by atoms with Crippen LogP contribution in [0.2, 0.25) is 0 Å². The average molecular weight is 355 g/mol. The molecule has 2 aromatic carbocycles. The number of rotatable bonds is 7. The van der Waals surface area contributed by atoms with Gasteiger partial charge >= 0.3 is 0 Å². The van der Waals surface area contributed by atoms with Crippen molar-refractivity contribution in [3.8, 4) is 17.2 Å². The summed E-state index contributed by atoms with van der Waals surface area (Å²) < 4.78 is 17.1. The highest BCUT2D eigenvalue weighted by Crippen LogP contribution is 2.41. The van der Waals surface area contributed by atoms with E-state index >= 15 is 0 Å². The zero-order valence-corrected chi connectivity index (χ0v) is 15.5. The fourth-order valence-corrected chi connectivity index (χ4v) is 3.01. The van der Waals surface area contributed by atoms with Gasteiger partial charge in [0.1, 0.15) is 11.4 Å². The van der Waals surface area contributed by atoms with Crippen molar-refractivity contribution in [2.24, 2.45) is 0 Å². The summed E-state index contributed by atoms with van der Waals surface area (Å²) in [4.78, 5) is 12.1. The molecule has 1 aliphatic heterocycles. The van der Waals surface area contributed by atoms with Gasteiger partial charge in [0.15, 0.2) is 18.1 Å². The molecule has 0 saturated carbocycles. The molecule has 1 aliphatic rings. The lowest BCUT2D eigenvalue weighted by Crippen LogP contribution is -2.28. The Morgan fingerprint density at radius 2 is 2.00 bits per heavy atom. The first-order valence-corrected chi connectivity index (χ1v) is 8.89. The van der Waals surface area contributed by atoms with Gasteiger partial charge in [0.25, 0.3) is 5.91 Å². The highest BCUT2D eigenvalue weighted by molar-refractivity contribution is 5.77. The molecule has 1 heterocycles. The highest BCUT2D eigenvalue weighted by Gasteiger charge is 2.32. The van der Waals surface area contributed by atoms with Crippen molar-refractivity contribution in [3.63, 3.8) is 0 Å². The van der Waals surface area contributed by atoms with Crippen LogP contribution in [0, 0.1) is 0 Å². The third-order valence-corrected chi connectivity index (χ3v) is 4.11. The smallest absolute Gasteiger partial charge is 0.258 e. The lowest BCUT2D eigenvalue weighted by molar-refractivity contribution is -0.123. The SMILES string of the molecule is CCOc1cccc(CNC(=O)COc2cccc3c2OC(C)(C)C3)c1. The number of nitrogens with one attached hydrogen (secondary N) is 1. The molecule has 0 radical (unpaired) electrons. The molecule has 5 heteroatoms. The van der Waals surface area contributed by atoms with Crippen molar-refractivity contribution >= 4 is 5.91 Å². The van der Waals surface area contributed by atoms with Gasteiger partial charge in [0.05, 0.1) is 6.61 Å². The molecule has 0 bridgehead atoms. The summed E-state index contributed by atoms with van der Waals surface area (Å²) in [5, 5.41) is 2.86. The molecule has 0 spiro atoms. The van der Waals surface area contributed by atoms with Crippen LogP contribution >= 0.6 is 0 Å². The van der Waals surface area contributed by atoms with Crippen LogP contribution in [0.4, 0.5) is 0 Å². The normalized spacial score (nSPS) is 14.3. The molecule has 0 atom stereocenters. The maximum Gasteiger partial charge on any atom is 0.258 e. The molecule has 0 unspecified atom stereocenters. The summed E-state index contributed by atoms with van der Waals surface area (Å²) in [7, 11) is 0. The Bertz CT molecular complexity index is 785. The van der Waals surface area contributed by atoms with E-state index in [1.807, 2.05) is 63.2 Å². The van der Waals surface area contributed by atoms with E-state index in [0.29, 0.717) is 18.9 Å². The molecule has 5 nitrogen and oxygen atoms in total.